The molecule has 5 heteroatoms. The molecule has 114 valence electrons. The van der Waals surface area contributed by atoms with Gasteiger partial charge in [0.25, 0.3) is 0 Å². The summed E-state index contributed by atoms with van der Waals surface area (Å²) in [5.41, 5.74) is 1.96. The van der Waals surface area contributed by atoms with Crippen LogP contribution in [-0.2, 0) is 20.7 Å². The molecule has 1 atom stereocenters. The molecule has 1 aromatic rings. The van der Waals surface area contributed by atoms with Crippen molar-refractivity contribution in [2.75, 3.05) is 24.7 Å². The Bertz CT molecular complexity index is 516. The van der Waals surface area contributed by atoms with Crippen molar-refractivity contribution in [2.24, 2.45) is 0 Å². The van der Waals surface area contributed by atoms with Crippen LogP contribution in [0, 0.1) is 0 Å². The summed E-state index contributed by atoms with van der Waals surface area (Å²) in [6, 6.07) is 7.74. The molecule has 0 aromatic heterocycles. The third-order valence-corrected chi connectivity index (χ3v) is 3.58. The van der Waals surface area contributed by atoms with Crippen LogP contribution in [0.3, 0.4) is 0 Å². The predicted molar refractivity (Wildman–Crippen MR) is 81.2 cm³/mol. The van der Waals surface area contributed by atoms with Gasteiger partial charge in [0.05, 0.1) is 0 Å². The van der Waals surface area contributed by atoms with Gasteiger partial charge in [-0.3, -0.25) is 9.59 Å². The van der Waals surface area contributed by atoms with E-state index in [4.69, 9.17) is 4.74 Å². The van der Waals surface area contributed by atoms with E-state index < -0.39 is 11.8 Å². The maximum absolute atomic E-state index is 12.3. The second kappa shape index (κ2) is 7.22. The van der Waals surface area contributed by atoms with E-state index in [0.29, 0.717) is 26.2 Å². The van der Waals surface area contributed by atoms with Crippen LogP contribution in [0.25, 0.3) is 0 Å². The zero-order chi connectivity index (χ0) is 15.2. The number of nitrogens with one attached hydrogen (secondary N) is 1. The Kier molecular flexibility index (Phi) is 5.33. The molecule has 1 aliphatic rings. The van der Waals surface area contributed by atoms with Crippen LogP contribution in [0.2, 0.25) is 0 Å². The minimum Gasteiger partial charge on any atom is -0.382 e. The van der Waals surface area contributed by atoms with E-state index in [2.05, 4.69) is 5.32 Å². The first-order chi connectivity index (χ1) is 10.1. The Hall–Kier alpha value is -1.88. The van der Waals surface area contributed by atoms with Gasteiger partial charge in [-0.15, -0.1) is 0 Å². The fourth-order valence-corrected chi connectivity index (χ4v) is 2.58. The number of anilines is 1. The van der Waals surface area contributed by atoms with Crippen molar-refractivity contribution >= 4 is 17.5 Å². The minimum atomic E-state index is -0.546. The van der Waals surface area contributed by atoms with Crippen LogP contribution < -0.4 is 10.2 Å². The molecule has 0 saturated carbocycles. The summed E-state index contributed by atoms with van der Waals surface area (Å²) < 4.78 is 5.19. The second-order valence-electron chi connectivity index (χ2n) is 5.16. The zero-order valence-corrected chi connectivity index (χ0v) is 12.6. The number of nitrogens with zero attached hydrogens (tertiary/aromatic N) is 1. The molecule has 1 unspecified atom stereocenters. The topological polar surface area (TPSA) is 58.6 Å². The maximum Gasteiger partial charge on any atom is 0.316 e. The number of carbonyl (C=O) groups excluding carboxylic acids is 2. The van der Waals surface area contributed by atoms with Gasteiger partial charge in [0.15, 0.2) is 0 Å². The predicted octanol–water partition coefficient (Wildman–Crippen LogP) is 1.51. The number of hydrogen-bond acceptors (Lipinski definition) is 3. The first-order valence-electron chi connectivity index (χ1n) is 7.42. The molecule has 2 amide bonds. The molecule has 1 N–H and O–H groups in total. The molecular weight excluding hydrogens is 268 g/mol. The molecule has 21 heavy (non-hydrogen) atoms. The van der Waals surface area contributed by atoms with E-state index in [0.717, 1.165) is 17.7 Å². The number of para-hydroxylation sites is 1. The normalized spacial score (nSPS) is 16.7. The van der Waals surface area contributed by atoms with Crippen molar-refractivity contribution in [3.63, 3.8) is 0 Å². The SMILES string of the molecule is CCOCCCNC(=O)C(=O)N1c2ccccc2CC1C. The standard InChI is InChI=1S/C16H22N2O3/c1-3-21-10-6-9-17-15(19)16(20)18-12(2)11-13-7-4-5-8-14(13)18/h4-5,7-8,12H,3,6,9-11H2,1-2H3,(H,17,19). The lowest BCUT2D eigenvalue weighted by Crippen LogP contribution is -2.46. The molecule has 0 radical (unpaired) electrons. The highest BCUT2D eigenvalue weighted by molar-refractivity contribution is 6.40. The Balaban J connectivity index is 1.92. The quantitative estimate of drug-likeness (QED) is 0.660. The number of rotatable bonds is 5. The monoisotopic (exact) mass is 290 g/mol. The molecule has 0 aliphatic carbocycles. The summed E-state index contributed by atoms with van der Waals surface area (Å²) in [6.07, 6.45) is 1.50. The van der Waals surface area contributed by atoms with Crippen LogP contribution in [-0.4, -0.2) is 37.6 Å². The summed E-state index contributed by atoms with van der Waals surface area (Å²) in [5, 5.41) is 2.66. The maximum atomic E-state index is 12.3. The molecule has 1 heterocycles. The van der Waals surface area contributed by atoms with E-state index in [-0.39, 0.29) is 6.04 Å². The van der Waals surface area contributed by atoms with Gasteiger partial charge in [-0.2, -0.15) is 0 Å². The van der Waals surface area contributed by atoms with E-state index in [1.807, 2.05) is 38.1 Å². The Morgan fingerprint density at radius 3 is 2.90 bits per heavy atom. The first-order valence-corrected chi connectivity index (χ1v) is 7.42. The average Bonchev–Trinajstić information content (AvgIpc) is 2.81. The lowest BCUT2D eigenvalue weighted by atomic mass is 10.1. The highest BCUT2D eigenvalue weighted by Gasteiger charge is 2.33. The summed E-state index contributed by atoms with van der Waals surface area (Å²) in [5.74, 6) is -1.03. The highest BCUT2D eigenvalue weighted by atomic mass is 16.5. The van der Waals surface area contributed by atoms with Crippen molar-refractivity contribution in [3.05, 3.63) is 29.8 Å². The largest absolute Gasteiger partial charge is 0.382 e. The fraction of sp³-hybridized carbons (Fsp3) is 0.500. The summed E-state index contributed by atoms with van der Waals surface area (Å²) in [7, 11) is 0. The van der Waals surface area contributed by atoms with Gasteiger partial charge < -0.3 is 15.0 Å². The molecule has 0 fully saturated rings. The molecule has 0 bridgehead atoms. The zero-order valence-electron chi connectivity index (χ0n) is 12.6. The molecule has 1 aromatic carbocycles. The van der Waals surface area contributed by atoms with E-state index >= 15 is 0 Å². The van der Waals surface area contributed by atoms with Crippen molar-refractivity contribution < 1.29 is 14.3 Å². The third kappa shape index (κ3) is 3.61. The fourth-order valence-electron chi connectivity index (χ4n) is 2.58. The van der Waals surface area contributed by atoms with Crippen LogP contribution >= 0.6 is 0 Å². The van der Waals surface area contributed by atoms with Gasteiger partial charge in [0.1, 0.15) is 0 Å². The Morgan fingerprint density at radius 1 is 1.38 bits per heavy atom. The average molecular weight is 290 g/mol. The number of carbonyl (C=O) groups is 2. The van der Waals surface area contributed by atoms with Crippen LogP contribution in [0.1, 0.15) is 25.8 Å². The number of ether oxygens (including phenoxy) is 1. The number of fused-ring (bicyclic) bond motifs is 1. The lowest BCUT2D eigenvalue weighted by molar-refractivity contribution is -0.137. The Labute approximate surface area is 125 Å². The first kappa shape index (κ1) is 15.5. The van der Waals surface area contributed by atoms with Crippen LogP contribution in [0.15, 0.2) is 24.3 Å². The summed E-state index contributed by atoms with van der Waals surface area (Å²) in [4.78, 5) is 25.9. The number of amides is 2. The molecule has 5 nitrogen and oxygen atoms in total. The van der Waals surface area contributed by atoms with Gasteiger partial charge in [-0.1, -0.05) is 18.2 Å². The van der Waals surface area contributed by atoms with E-state index in [1.54, 1.807) is 4.90 Å². The van der Waals surface area contributed by atoms with Crippen molar-refractivity contribution in [1.29, 1.82) is 0 Å². The Morgan fingerprint density at radius 2 is 2.14 bits per heavy atom. The van der Waals surface area contributed by atoms with E-state index in [9.17, 15) is 9.59 Å². The van der Waals surface area contributed by atoms with Gasteiger partial charge in [0, 0.05) is 31.5 Å². The van der Waals surface area contributed by atoms with Crippen molar-refractivity contribution in [2.45, 2.75) is 32.7 Å². The van der Waals surface area contributed by atoms with Gasteiger partial charge >= 0.3 is 11.8 Å². The molecule has 0 spiro atoms. The molecular formula is C16H22N2O3. The molecule has 2 rings (SSSR count). The third-order valence-electron chi connectivity index (χ3n) is 3.58. The van der Waals surface area contributed by atoms with Crippen LogP contribution in [0.4, 0.5) is 5.69 Å². The van der Waals surface area contributed by atoms with Crippen molar-refractivity contribution in [3.8, 4) is 0 Å². The lowest BCUT2D eigenvalue weighted by Gasteiger charge is -2.21. The highest BCUT2D eigenvalue weighted by Crippen LogP contribution is 2.31. The molecule has 1 aliphatic heterocycles. The minimum absolute atomic E-state index is 0.0177. The molecule has 0 saturated heterocycles. The van der Waals surface area contributed by atoms with Crippen LogP contribution in [0.5, 0.6) is 0 Å². The van der Waals surface area contributed by atoms with E-state index in [1.165, 1.54) is 0 Å². The van der Waals surface area contributed by atoms with Gasteiger partial charge in [-0.05, 0) is 38.3 Å². The smallest absolute Gasteiger partial charge is 0.316 e. The van der Waals surface area contributed by atoms with Crippen molar-refractivity contribution in [1.82, 2.24) is 5.32 Å². The number of benzene rings is 1. The summed E-state index contributed by atoms with van der Waals surface area (Å²) >= 11 is 0. The second-order valence-corrected chi connectivity index (χ2v) is 5.16. The van der Waals surface area contributed by atoms with Gasteiger partial charge in [0.2, 0.25) is 0 Å². The summed E-state index contributed by atoms with van der Waals surface area (Å²) in [6.45, 7) is 5.59. The van der Waals surface area contributed by atoms with Gasteiger partial charge in [-0.25, -0.2) is 0 Å². The number of hydrogen-bond donors (Lipinski definition) is 1.